The summed E-state index contributed by atoms with van der Waals surface area (Å²) < 4.78 is 30.1. The summed E-state index contributed by atoms with van der Waals surface area (Å²) in [5.74, 6) is 0.566. The summed E-state index contributed by atoms with van der Waals surface area (Å²) in [5, 5.41) is 14.5. The predicted molar refractivity (Wildman–Crippen MR) is 98.6 cm³/mol. The average Bonchev–Trinajstić information content (AvgIpc) is 2.99. The first-order chi connectivity index (χ1) is 12.3. The zero-order valence-corrected chi connectivity index (χ0v) is 15.9. The summed E-state index contributed by atoms with van der Waals surface area (Å²) in [6.45, 7) is 5.72. The topological polar surface area (TPSA) is 84.7 Å². The number of sulfone groups is 1. The largest absolute Gasteiger partial charge is 0.494 e. The monoisotopic (exact) mass is 379 g/mol. The molecule has 0 saturated carbocycles. The third-order valence-corrected chi connectivity index (χ3v) is 5.26. The Morgan fingerprint density at radius 1 is 1.27 bits per heavy atom. The summed E-state index contributed by atoms with van der Waals surface area (Å²) in [6, 6.07) is 9.90. The van der Waals surface area contributed by atoms with E-state index in [0.29, 0.717) is 18.8 Å². The Morgan fingerprint density at radius 2 is 2.00 bits per heavy atom. The molecule has 0 amide bonds. The van der Waals surface area contributed by atoms with E-state index < -0.39 is 15.9 Å². The number of aromatic nitrogens is 2. The highest BCUT2D eigenvalue weighted by molar-refractivity contribution is 7.90. The Balaban J connectivity index is 1.64. The van der Waals surface area contributed by atoms with Crippen LogP contribution in [0.1, 0.15) is 30.0 Å². The van der Waals surface area contributed by atoms with Crippen molar-refractivity contribution in [3.8, 4) is 5.75 Å². The molecular weight excluding hydrogens is 354 g/mol. The molecule has 0 fully saturated rings. The van der Waals surface area contributed by atoms with Gasteiger partial charge in [-0.25, -0.2) is 8.42 Å². The molecule has 0 radical (unpaired) electrons. The molecule has 0 aliphatic carbocycles. The minimum atomic E-state index is -3.25. The van der Waals surface area contributed by atoms with E-state index in [1.807, 2.05) is 23.7 Å². The standard InChI is InChI=1S/C18H25N3O4S/c1-3-25-16-6-4-14(5-7-16)11-20-8-9-21-15(12-20)10-17(19-21)18(22)13-26(2,23)24/h4-7,10,18,22H,3,8-9,11-13H2,1-2H3. The van der Waals surface area contributed by atoms with Gasteiger partial charge < -0.3 is 9.84 Å². The van der Waals surface area contributed by atoms with E-state index in [2.05, 4.69) is 22.1 Å². The predicted octanol–water partition coefficient (Wildman–Crippen LogP) is 1.38. The number of fused-ring (bicyclic) bond motifs is 1. The van der Waals surface area contributed by atoms with Gasteiger partial charge in [0.25, 0.3) is 0 Å². The average molecular weight is 379 g/mol. The van der Waals surface area contributed by atoms with E-state index in [1.165, 1.54) is 5.56 Å². The van der Waals surface area contributed by atoms with Crippen LogP contribution in [0.4, 0.5) is 0 Å². The van der Waals surface area contributed by atoms with Crippen LogP contribution in [-0.2, 0) is 29.5 Å². The van der Waals surface area contributed by atoms with Crippen molar-refractivity contribution in [3.05, 3.63) is 47.3 Å². The van der Waals surface area contributed by atoms with Gasteiger partial charge in [-0.2, -0.15) is 5.10 Å². The molecule has 8 heteroatoms. The second-order valence-corrected chi connectivity index (χ2v) is 8.86. The van der Waals surface area contributed by atoms with Crippen LogP contribution < -0.4 is 4.74 Å². The van der Waals surface area contributed by atoms with Gasteiger partial charge in [-0.05, 0) is 30.7 Å². The van der Waals surface area contributed by atoms with Crippen molar-refractivity contribution in [2.45, 2.75) is 32.7 Å². The van der Waals surface area contributed by atoms with Gasteiger partial charge in [0.15, 0.2) is 0 Å². The van der Waals surface area contributed by atoms with Crippen LogP contribution in [0.3, 0.4) is 0 Å². The van der Waals surface area contributed by atoms with E-state index in [4.69, 9.17) is 4.74 Å². The van der Waals surface area contributed by atoms with Crippen molar-refractivity contribution in [3.63, 3.8) is 0 Å². The lowest BCUT2D eigenvalue weighted by Crippen LogP contribution is -2.33. The highest BCUT2D eigenvalue weighted by atomic mass is 32.2. The van der Waals surface area contributed by atoms with E-state index in [0.717, 1.165) is 37.3 Å². The Hall–Kier alpha value is -1.90. The van der Waals surface area contributed by atoms with Crippen molar-refractivity contribution in [1.29, 1.82) is 0 Å². The van der Waals surface area contributed by atoms with Gasteiger partial charge in [0, 0.05) is 25.9 Å². The van der Waals surface area contributed by atoms with Gasteiger partial charge in [0.05, 0.1) is 30.3 Å². The smallest absolute Gasteiger partial charge is 0.150 e. The molecule has 2 heterocycles. The zero-order valence-electron chi connectivity index (χ0n) is 15.1. The highest BCUT2D eigenvalue weighted by Gasteiger charge is 2.23. The number of nitrogens with zero attached hydrogens (tertiary/aromatic N) is 3. The lowest BCUT2D eigenvalue weighted by Gasteiger charge is -2.27. The number of aliphatic hydroxyl groups is 1. The second kappa shape index (κ2) is 7.77. The van der Waals surface area contributed by atoms with Crippen LogP contribution >= 0.6 is 0 Å². The van der Waals surface area contributed by atoms with Crippen molar-refractivity contribution in [1.82, 2.24) is 14.7 Å². The molecule has 2 aromatic rings. The molecule has 3 rings (SSSR count). The molecule has 0 bridgehead atoms. The van der Waals surface area contributed by atoms with Crippen molar-refractivity contribution >= 4 is 9.84 Å². The molecule has 1 aromatic carbocycles. The maximum Gasteiger partial charge on any atom is 0.150 e. The van der Waals surface area contributed by atoms with Crippen LogP contribution in [0.15, 0.2) is 30.3 Å². The molecule has 1 aliphatic heterocycles. The van der Waals surface area contributed by atoms with Crippen LogP contribution in [0.5, 0.6) is 5.75 Å². The SMILES string of the molecule is CCOc1ccc(CN2CCn3nc(C(O)CS(C)(=O)=O)cc3C2)cc1. The number of aliphatic hydroxyl groups excluding tert-OH is 1. The fourth-order valence-electron chi connectivity index (χ4n) is 3.13. The molecule has 1 atom stereocenters. The van der Waals surface area contributed by atoms with Crippen LogP contribution in [0, 0.1) is 0 Å². The number of rotatable bonds is 7. The second-order valence-electron chi connectivity index (χ2n) is 6.68. The van der Waals surface area contributed by atoms with E-state index in [9.17, 15) is 13.5 Å². The van der Waals surface area contributed by atoms with Crippen molar-refractivity contribution < 1.29 is 18.3 Å². The fraction of sp³-hybridized carbons (Fsp3) is 0.500. The lowest BCUT2D eigenvalue weighted by molar-refractivity contribution is 0.191. The molecule has 0 saturated heterocycles. The van der Waals surface area contributed by atoms with Crippen LogP contribution in [-0.4, -0.2) is 53.4 Å². The van der Waals surface area contributed by atoms with Gasteiger partial charge in [0.2, 0.25) is 0 Å². The first kappa shape index (κ1) is 18.9. The zero-order chi connectivity index (χ0) is 18.7. The molecule has 0 spiro atoms. The number of hydrogen-bond donors (Lipinski definition) is 1. The summed E-state index contributed by atoms with van der Waals surface area (Å²) in [7, 11) is -3.25. The molecule has 1 aromatic heterocycles. The Bertz CT molecular complexity index is 846. The van der Waals surface area contributed by atoms with Gasteiger partial charge >= 0.3 is 0 Å². The molecule has 142 valence electrons. The minimum absolute atomic E-state index is 0.306. The Kier molecular flexibility index (Phi) is 5.64. The Morgan fingerprint density at radius 3 is 2.65 bits per heavy atom. The molecule has 1 unspecified atom stereocenters. The summed E-state index contributed by atoms with van der Waals surface area (Å²) in [5.41, 5.74) is 2.62. The summed E-state index contributed by atoms with van der Waals surface area (Å²) >= 11 is 0. The summed E-state index contributed by atoms with van der Waals surface area (Å²) in [6.07, 6.45) is 0.0350. The molecule has 1 N–H and O–H groups in total. The molecule has 7 nitrogen and oxygen atoms in total. The number of benzene rings is 1. The third-order valence-electron chi connectivity index (χ3n) is 4.34. The maximum absolute atomic E-state index is 11.4. The first-order valence-corrected chi connectivity index (χ1v) is 10.8. The van der Waals surface area contributed by atoms with Gasteiger partial charge in [-0.15, -0.1) is 0 Å². The van der Waals surface area contributed by atoms with Gasteiger partial charge in [-0.1, -0.05) is 12.1 Å². The third kappa shape index (κ3) is 4.84. The van der Waals surface area contributed by atoms with Crippen molar-refractivity contribution in [2.75, 3.05) is 25.2 Å². The number of ether oxygens (including phenoxy) is 1. The Labute approximate surface area is 154 Å². The van der Waals surface area contributed by atoms with E-state index in [-0.39, 0.29) is 5.75 Å². The van der Waals surface area contributed by atoms with Gasteiger partial charge in [-0.3, -0.25) is 9.58 Å². The normalized spacial score (nSPS) is 16.3. The van der Waals surface area contributed by atoms with Crippen LogP contribution in [0.25, 0.3) is 0 Å². The number of hydrogen-bond acceptors (Lipinski definition) is 6. The van der Waals surface area contributed by atoms with Crippen LogP contribution in [0.2, 0.25) is 0 Å². The summed E-state index contributed by atoms with van der Waals surface area (Å²) in [4.78, 5) is 2.30. The van der Waals surface area contributed by atoms with Crippen molar-refractivity contribution in [2.24, 2.45) is 0 Å². The minimum Gasteiger partial charge on any atom is -0.494 e. The van der Waals surface area contributed by atoms with E-state index >= 15 is 0 Å². The molecule has 1 aliphatic rings. The first-order valence-electron chi connectivity index (χ1n) is 8.70. The van der Waals surface area contributed by atoms with E-state index in [1.54, 1.807) is 6.07 Å². The lowest BCUT2D eigenvalue weighted by atomic mass is 10.2. The molecule has 26 heavy (non-hydrogen) atoms. The quantitative estimate of drug-likeness (QED) is 0.782. The van der Waals surface area contributed by atoms with Gasteiger partial charge in [0.1, 0.15) is 21.7 Å². The molecular formula is C18H25N3O4S. The fourth-order valence-corrected chi connectivity index (χ4v) is 3.87. The maximum atomic E-state index is 11.4. The highest BCUT2D eigenvalue weighted by Crippen LogP contribution is 2.21.